The zero-order valence-electron chi connectivity index (χ0n) is 9.90. The third-order valence-corrected chi connectivity index (χ3v) is 3.27. The summed E-state index contributed by atoms with van der Waals surface area (Å²) in [5, 5.41) is 0.752. The number of nitrogens with two attached hydrogens (primary N) is 1. The maximum atomic E-state index is 5.98. The van der Waals surface area contributed by atoms with E-state index in [0.717, 1.165) is 23.7 Å². The van der Waals surface area contributed by atoms with Crippen LogP contribution in [-0.2, 0) is 6.54 Å². The topological polar surface area (TPSA) is 41.6 Å². The first kappa shape index (κ1) is 12.2. The smallest absolute Gasteiger partial charge is 0.191 e. The van der Waals surface area contributed by atoms with Gasteiger partial charge in [-0.3, -0.25) is 0 Å². The number of halogens is 1. The highest BCUT2D eigenvalue weighted by atomic mass is 35.5. The van der Waals surface area contributed by atoms with Crippen molar-refractivity contribution >= 4 is 17.6 Å². The molecule has 1 aliphatic heterocycles. The van der Waals surface area contributed by atoms with Crippen LogP contribution in [0, 0.1) is 0 Å². The van der Waals surface area contributed by atoms with E-state index in [1.807, 2.05) is 24.3 Å². The molecule has 0 atom stereocenters. The molecule has 0 aromatic heterocycles. The van der Waals surface area contributed by atoms with Crippen LogP contribution in [0.3, 0.4) is 0 Å². The largest absolute Gasteiger partial charge is 0.370 e. The third kappa shape index (κ3) is 3.63. The first-order valence-electron chi connectivity index (χ1n) is 6.05. The van der Waals surface area contributed by atoms with Crippen LogP contribution in [0.4, 0.5) is 0 Å². The second-order valence-corrected chi connectivity index (χ2v) is 4.79. The molecule has 2 N–H and O–H groups in total. The fourth-order valence-electron chi connectivity index (χ4n) is 1.99. The van der Waals surface area contributed by atoms with Crippen LogP contribution in [-0.4, -0.2) is 23.9 Å². The molecule has 2 rings (SSSR count). The monoisotopic (exact) mass is 251 g/mol. The summed E-state index contributed by atoms with van der Waals surface area (Å²) in [6.45, 7) is 2.70. The number of guanidine groups is 1. The van der Waals surface area contributed by atoms with E-state index in [2.05, 4.69) is 9.89 Å². The van der Waals surface area contributed by atoms with Gasteiger partial charge in [-0.15, -0.1) is 0 Å². The van der Waals surface area contributed by atoms with Crippen LogP contribution in [0.25, 0.3) is 0 Å². The number of aliphatic imine (C=N–C) groups is 1. The first-order valence-corrected chi connectivity index (χ1v) is 6.43. The summed E-state index contributed by atoms with van der Waals surface area (Å²) in [5.41, 5.74) is 7.11. The standard InChI is InChI=1S/C13H18ClN3/c14-12-6-4-11(5-7-12)10-16-13(15)17-8-2-1-3-9-17/h4-7H,1-3,8-10H2,(H2,15,16). The van der Waals surface area contributed by atoms with Gasteiger partial charge in [-0.1, -0.05) is 23.7 Å². The van der Waals surface area contributed by atoms with Crippen LogP contribution in [0.1, 0.15) is 24.8 Å². The van der Waals surface area contributed by atoms with Crippen LogP contribution in [0.15, 0.2) is 29.3 Å². The SMILES string of the molecule is NC(=NCc1ccc(Cl)cc1)N1CCCCC1. The zero-order valence-corrected chi connectivity index (χ0v) is 10.7. The van der Waals surface area contributed by atoms with Gasteiger partial charge in [0.05, 0.1) is 6.54 Å². The van der Waals surface area contributed by atoms with Gasteiger partial charge in [0.15, 0.2) is 5.96 Å². The molecule has 0 saturated carbocycles. The van der Waals surface area contributed by atoms with Crippen LogP contribution < -0.4 is 5.73 Å². The van der Waals surface area contributed by atoms with Crippen LogP contribution in [0.2, 0.25) is 5.02 Å². The predicted octanol–water partition coefficient (Wildman–Crippen LogP) is 2.64. The number of hydrogen-bond acceptors (Lipinski definition) is 1. The van der Waals surface area contributed by atoms with Gasteiger partial charge in [0, 0.05) is 18.1 Å². The molecular formula is C13H18ClN3. The summed E-state index contributed by atoms with van der Waals surface area (Å²) in [6.07, 6.45) is 3.75. The number of benzene rings is 1. The van der Waals surface area contributed by atoms with Gasteiger partial charge in [-0.2, -0.15) is 0 Å². The summed E-state index contributed by atoms with van der Waals surface area (Å²) in [7, 11) is 0. The molecule has 17 heavy (non-hydrogen) atoms. The zero-order chi connectivity index (χ0) is 12.1. The minimum atomic E-state index is 0.625. The average Bonchev–Trinajstić information content (AvgIpc) is 2.39. The number of likely N-dealkylation sites (tertiary alicyclic amines) is 1. The van der Waals surface area contributed by atoms with Crippen LogP contribution in [0.5, 0.6) is 0 Å². The van der Waals surface area contributed by atoms with Crippen molar-refractivity contribution in [3.05, 3.63) is 34.9 Å². The second kappa shape index (κ2) is 5.92. The minimum Gasteiger partial charge on any atom is -0.370 e. The van der Waals surface area contributed by atoms with Gasteiger partial charge in [0.2, 0.25) is 0 Å². The summed E-state index contributed by atoms with van der Waals surface area (Å²) in [4.78, 5) is 6.59. The Kier molecular flexibility index (Phi) is 4.26. The molecule has 0 bridgehead atoms. The van der Waals surface area contributed by atoms with E-state index in [-0.39, 0.29) is 0 Å². The van der Waals surface area contributed by atoms with Gasteiger partial charge >= 0.3 is 0 Å². The molecule has 0 amide bonds. The van der Waals surface area contributed by atoms with Crippen molar-refractivity contribution in [2.45, 2.75) is 25.8 Å². The van der Waals surface area contributed by atoms with Gasteiger partial charge < -0.3 is 10.6 Å². The Morgan fingerprint density at radius 2 is 1.82 bits per heavy atom. The van der Waals surface area contributed by atoms with E-state index in [4.69, 9.17) is 17.3 Å². The Bertz CT molecular complexity index is 380. The molecule has 0 spiro atoms. The molecule has 3 nitrogen and oxygen atoms in total. The highest BCUT2D eigenvalue weighted by Gasteiger charge is 2.11. The fourth-order valence-corrected chi connectivity index (χ4v) is 2.11. The maximum Gasteiger partial charge on any atom is 0.191 e. The van der Waals surface area contributed by atoms with E-state index >= 15 is 0 Å². The second-order valence-electron chi connectivity index (χ2n) is 4.35. The van der Waals surface area contributed by atoms with Gasteiger partial charge in [-0.05, 0) is 37.0 Å². The van der Waals surface area contributed by atoms with Crippen molar-refractivity contribution < 1.29 is 0 Å². The minimum absolute atomic E-state index is 0.625. The molecule has 0 radical (unpaired) electrons. The Balaban J connectivity index is 1.92. The Labute approximate surface area is 107 Å². The highest BCUT2D eigenvalue weighted by Crippen LogP contribution is 2.11. The van der Waals surface area contributed by atoms with E-state index in [9.17, 15) is 0 Å². The lowest BCUT2D eigenvalue weighted by Gasteiger charge is -2.27. The number of rotatable bonds is 2. The molecule has 1 saturated heterocycles. The van der Waals surface area contributed by atoms with E-state index in [1.165, 1.54) is 19.3 Å². The molecule has 1 aromatic carbocycles. The lowest BCUT2D eigenvalue weighted by molar-refractivity contribution is 0.338. The van der Waals surface area contributed by atoms with Crippen LogP contribution >= 0.6 is 11.6 Å². The fraction of sp³-hybridized carbons (Fsp3) is 0.462. The maximum absolute atomic E-state index is 5.98. The molecule has 4 heteroatoms. The van der Waals surface area contributed by atoms with E-state index in [1.54, 1.807) is 0 Å². The quantitative estimate of drug-likeness (QED) is 0.649. The molecule has 1 heterocycles. The Hall–Kier alpha value is -1.22. The lowest BCUT2D eigenvalue weighted by Crippen LogP contribution is -2.40. The van der Waals surface area contributed by atoms with Crippen molar-refractivity contribution in [2.24, 2.45) is 10.7 Å². The molecule has 1 aromatic rings. The molecular weight excluding hydrogens is 234 g/mol. The predicted molar refractivity (Wildman–Crippen MR) is 72.2 cm³/mol. The summed E-state index contributed by atoms with van der Waals surface area (Å²) in [5.74, 6) is 0.666. The van der Waals surface area contributed by atoms with Gasteiger partial charge in [0.1, 0.15) is 0 Å². The summed E-state index contributed by atoms with van der Waals surface area (Å²) in [6, 6.07) is 7.72. The summed E-state index contributed by atoms with van der Waals surface area (Å²) >= 11 is 5.83. The van der Waals surface area contributed by atoms with E-state index < -0.39 is 0 Å². The third-order valence-electron chi connectivity index (χ3n) is 3.02. The van der Waals surface area contributed by atoms with Crippen molar-refractivity contribution in [1.82, 2.24) is 4.90 Å². The van der Waals surface area contributed by atoms with Gasteiger partial charge in [0.25, 0.3) is 0 Å². The Morgan fingerprint density at radius 1 is 1.18 bits per heavy atom. The molecule has 1 aliphatic rings. The molecule has 0 aliphatic carbocycles. The normalized spacial score (nSPS) is 17.2. The van der Waals surface area contributed by atoms with Gasteiger partial charge in [-0.25, -0.2) is 4.99 Å². The molecule has 1 fully saturated rings. The summed E-state index contributed by atoms with van der Waals surface area (Å²) < 4.78 is 0. The van der Waals surface area contributed by atoms with Crippen molar-refractivity contribution in [3.8, 4) is 0 Å². The highest BCUT2D eigenvalue weighted by molar-refractivity contribution is 6.30. The van der Waals surface area contributed by atoms with Crippen molar-refractivity contribution in [1.29, 1.82) is 0 Å². The lowest BCUT2D eigenvalue weighted by atomic mass is 10.1. The number of nitrogens with zero attached hydrogens (tertiary/aromatic N) is 2. The van der Waals surface area contributed by atoms with Crippen molar-refractivity contribution in [3.63, 3.8) is 0 Å². The number of hydrogen-bond donors (Lipinski definition) is 1. The molecule has 0 unspecified atom stereocenters. The Morgan fingerprint density at radius 3 is 2.47 bits per heavy atom. The number of piperidine rings is 1. The average molecular weight is 252 g/mol. The molecule has 92 valence electrons. The first-order chi connectivity index (χ1) is 8.25. The van der Waals surface area contributed by atoms with Crippen molar-refractivity contribution in [2.75, 3.05) is 13.1 Å². The van der Waals surface area contributed by atoms with E-state index in [0.29, 0.717) is 12.5 Å².